The zero-order chi connectivity index (χ0) is 27.1. The van der Waals surface area contributed by atoms with E-state index >= 15 is 0 Å². The van der Waals surface area contributed by atoms with Gasteiger partial charge in [0.15, 0.2) is 17.4 Å². The second-order valence-electron chi connectivity index (χ2n) is 11.6. The Morgan fingerprint density at radius 3 is 1.97 bits per heavy atom. The fourth-order valence-electron chi connectivity index (χ4n) is 5.29. The van der Waals surface area contributed by atoms with Crippen LogP contribution in [-0.4, -0.2) is 73.2 Å². The fourth-order valence-corrected chi connectivity index (χ4v) is 5.29. The van der Waals surface area contributed by atoms with Crippen LogP contribution in [0.1, 0.15) is 106 Å². The standard InChI is InChI=1S/C28H49NO8/c1-7-8-9-10-11-12-17-29-23(31)14-16-28(15-13-20(2)30)33-19-22(35-28)25-24(36-27(5,6)37-25)21-18-32-26(3,4)34-21/h21-22,24-25H,7-19H2,1-6H3,(H,29,31)/t21-,22+,24+,25-,28?/m0/s1. The average molecular weight is 528 g/mol. The molecule has 0 saturated carbocycles. The number of ketones is 1. The van der Waals surface area contributed by atoms with E-state index in [1.807, 2.05) is 27.7 Å². The summed E-state index contributed by atoms with van der Waals surface area (Å²) in [6.45, 7) is 12.6. The van der Waals surface area contributed by atoms with Crippen molar-refractivity contribution in [1.29, 1.82) is 0 Å². The number of carbonyl (C=O) groups excluding carboxylic acids is 2. The van der Waals surface area contributed by atoms with Gasteiger partial charge in [-0.2, -0.15) is 0 Å². The van der Waals surface area contributed by atoms with Crippen LogP contribution in [0.3, 0.4) is 0 Å². The molecule has 3 aliphatic heterocycles. The van der Waals surface area contributed by atoms with Crippen molar-refractivity contribution in [2.45, 2.75) is 148 Å². The zero-order valence-corrected chi connectivity index (χ0v) is 23.8. The van der Waals surface area contributed by atoms with Crippen molar-refractivity contribution < 1.29 is 38.0 Å². The molecule has 1 N–H and O–H groups in total. The minimum absolute atomic E-state index is 0.0235. The molecule has 1 amide bonds. The maximum absolute atomic E-state index is 12.6. The van der Waals surface area contributed by atoms with Gasteiger partial charge in [0.05, 0.1) is 13.2 Å². The number of Topliss-reactive ketones (excluding diaryl/α,β-unsaturated/α-hetero) is 1. The van der Waals surface area contributed by atoms with Gasteiger partial charge in [0.25, 0.3) is 0 Å². The summed E-state index contributed by atoms with van der Waals surface area (Å²) in [5, 5.41) is 3.02. The molecule has 3 saturated heterocycles. The molecule has 3 heterocycles. The molecule has 3 fully saturated rings. The van der Waals surface area contributed by atoms with Gasteiger partial charge in [-0.3, -0.25) is 4.79 Å². The summed E-state index contributed by atoms with van der Waals surface area (Å²) in [6, 6.07) is 0. The fraction of sp³-hybridized carbons (Fsp3) is 0.929. The normalized spacial score (nSPS) is 32.6. The van der Waals surface area contributed by atoms with E-state index < -0.39 is 35.7 Å². The summed E-state index contributed by atoms with van der Waals surface area (Å²) in [5.74, 6) is -2.48. The average Bonchev–Trinajstić information content (AvgIpc) is 3.50. The highest BCUT2D eigenvalue weighted by Gasteiger charge is 2.56. The lowest BCUT2D eigenvalue weighted by Crippen LogP contribution is -2.46. The minimum Gasteiger partial charge on any atom is -0.356 e. The van der Waals surface area contributed by atoms with E-state index in [0.717, 1.165) is 12.8 Å². The van der Waals surface area contributed by atoms with Gasteiger partial charge in [-0.1, -0.05) is 39.0 Å². The smallest absolute Gasteiger partial charge is 0.220 e. The number of unbranched alkanes of at least 4 members (excludes halogenated alkanes) is 5. The first-order valence-electron chi connectivity index (χ1n) is 14.2. The quantitative estimate of drug-likeness (QED) is 0.313. The summed E-state index contributed by atoms with van der Waals surface area (Å²) < 4.78 is 37.0. The minimum atomic E-state index is -1.01. The van der Waals surface area contributed by atoms with Crippen LogP contribution in [0, 0.1) is 0 Å². The maximum atomic E-state index is 12.6. The first-order chi connectivity index (χ1) is 17.4. The van der Waals surface area contributed by atoms with Crippen molar-refractivity contribution in [3.05, 3.63) is 0 Å². The van der Waals surface area contributed by atoms with Crippen molar-refractivity contribution in [2.75, 3.05) is 19.8 Å². The van der Waals surface area contributed by atoms with Crippen molar-refractivity contribution in [1.82, 2.24) is 5.32 Å². The topological polar surface area (TPSA) is 102 Å². The summed E-state index contributed by atoms with van der Waals surface area (Å²) in [6.07, 6.45) is 6.88. The van der Waals surface area contributed by atoms with Gasteiger partial charge in [0, 0.05) is 32.2 Å². The highest BCUT2D eigenvalue weighted by Crippen LogP contribution is 2.42. The van der Waals surface area contributed by atoms with Gasteiger partial charge in [-0.15, -0.1) is 0 Å². The number of hydrogen-bond acceptors (Lipinski definition) is 8. The van der Waals surface area contributed by atoms with Crippen LogP contribution in [0.2, 0.25) is 0 Å². The van der Waals surface area contributed by atoms with Crippen molar-refractivity contribution in [3.63, 3.8) is 0 Å². The molecular weight excluding hydrogens is 478 g/mol. The third kappa shape index (κ3) is 9.25. The molecule has 0 radical (unpaired) electrons. The highest BCUT2D eigenvalue weighted by atomic mass is 16.8. The van der Waals surface area contributed by atoms with E-state index in [-0.39, 0.29) is 30.8 Å². The lowest BCUT2D eigenvalue weighted by molar-refractivity contribution is -0.198. The molecule has 3 aliphatic rings. The van der Waals surface area contributed by atoms with Gasteiger partial charge in [0.1, 0.15) is 30.2 Å². The molecule has 0 aromatic heterocycles. The Bertz CT molecular complexity index is 756. The van der Waals surface area contributed by atoms with Crippen molar-refractivity contribution >= 4 is 11.7 Å². The second-order valence-corrected chi connectivity index (χ2v) is 11.6. The molecule has 214 valence electrons. The Labute approximate surface area is 222 Å². The first-order valence-corrected chi connectivity index (χ1v) is 14.2. The van der Waals surface area contributed by atoms with E-state index in [4.69, 9.17) is 28.4 Å². The van der Waals surface area contributed by atoms with Crippen LogP contribution in [0.5, 0.6) is 0 Å². The molecule has 3 rings (SSSR count). The van der Waals surface area contributed by atoms with E-state index in [1.165, 1.54) is 25.7 Å². The zero-order valence-electron chi connectivity index (χ0n) is 23.8. The second kappa shape index (κ2) is 13.3. The molecule has 0 aromatic carbocycles. The predicted molar refractivity (Wildman–Crippen MR) is 138 cm³/mol. The monoisotopic (exact) mass is 527 g/mol. The summed E-state index contributed by atoms with van der Waals surface area (Å²) >= 11 is 0. The molecule has 5 atom stereocenters. The molecule has 1 unspecified atom stereocenters. The molecule has 0 aliphatic carbocycles. The van der Waals surface area contributed by atoms with Crippen LogP contribution < -0.4 is 5.32 Å². The number of carbonyl (C=O) groups is 2. The Hall–Kier alpha value is -1.10. The van der Waals surface area contributed by atoms with Gasteiger partial charge < -0.3 is 38.5 Å². The number of hydrogen-bond donors (Lipinski definition) is 1. The van der Waals surface area contributed by atoms with E-state index in [9.17, 15) is 9.59 Å². The Balaban J connectivity index is 1.56. The first kappa shape index (κ1) is 30.4. The van der Waals surface area contributed by atoms with Gasteiger partial charge in [0.2, 0.25) is 5.91 Å². The van der Waals surface area contributed by atoms with Crippen molar-refractivity contribution in [3.8, 4) is 0 Å². The maximum Gasteiger partial charge on any atom is 0.220 e. The number of rotatable bonds is 15. The molecule has 0 aromatic rings. The SMILES string of the molecule is CCCCCCCCNC(=O)CCC1(CCC(C)=O)OC[C@H]([C@@H]2OC(C)(C)O[C@@H]2[C@@H]2COC(C)(C)O2)O1. The number of amides is 1. The molecule has 9 nitrogen and oxygen atoms in total. The van der Waals surface area contributed by atoms with E-state index in [1.54, 1.807) is 6.92 Å². The summed E-state index contributed by atoms with van der Waals surface area (Å²) in [4.78, 5) is 24.4. The molecular formula is C28H49NO8. The van der Waals surface area contributed by atoms with E-state index in [2.05, 4.69) is 12.2 Å². The van der Waals surface area contributed by atoms with Crippen LogP contribution in [0.15, 0.2) is 0 Å². The lowest BCUT2D eigenvalue weighted by Gasteiger charge is -2.30. The summed E-state index contributed by atoms with van der Waals surface area (Å²) in [5.41, 5.74) is 0. The lowest BCUT2D eigenvalue weighted by atomic mass is 10.0. The molecule has 9 heteroatoms. The Morgan fingerprint density at radius 1 is 0.757 bits per heavy atom. The third-order valence-corrected chi connectivity index (χ3v) is 7.25. The number of nitrogens with one attached hydrogen (secondary N) is 1. The predicted octanol–water partition coefficient (Wildman–Crippen LogP) is 4.40. The highest BCUT2D eigenvalue weighted by molar-refractivity contribution is 5.76. The van der Waals surface area contributed by atoms with Crippen LogP contribution >= 0.6 is 0 Å². The van der Waals surface area contributed by atoms with Gasteiger partial charge >= 0.3 is 0 Å². The van der Waals surface area contributed by atoms with Crippen LogP contribution in [-0.2, 0) is 38.0 Å². The number of ether oxygens (including phenoxy) is 6. The summed E-state index contributed by atoms with van der Waals surface area (Å²) in [7, 11) is 0. The molecule has 37 heavy (non-hydrogen) atoms. The van der Waals surface area contributed by atoms with Gasteiger partial charge in [-0.25, -0.2) is 0 Å². The molecule has 0 spiro atoms. The van der Waals surface area contributed by atoms with E-state index in [0.29, 0.717) is 32.4 Å². The van der Waals surface area contributed by atoms with Crippen LogP contribution in [0.4, 0.5) is 0 Å². The third-order valence-electron chi connectivity index (χ3n) is 7.25. The Morgan fingerprint density at radius 2 is 1.35 bits per heavy atom. The largest absolute Gasteiger partial charge is 0.356 e. The van der Waals surface area contributed by atoms with Crippen LogP contribution in [0.25, 0.3) is 0 Å². The van der Waals surface area contributed by atoms with Crippen molar-refractivity contribution in [2.24, 2.45) is 0 Å². The Kier molecular flexibility index (Phi) is 10.9. The van der Waals surface area contributed by atoms with Gasteiger partial charge in [-0.05, 0) is 41.0 Å². The molecule has 0 bridgehead atoms.